The van der Waals surface area contributed by atoms with Gasteiger partial charge in [-0.15, -0.1) is 12.4 Å². The standard InChI is InChI=1S/C17H30N4O3S.ClH/c1-4-12-19-15-10-9-14(25(23,24)21(5-2)6-3)13-16(15)20-17(22)8-7-11-18;/h9-10,13,19H,4-8,11-12,18H2,1-3H3,(H,20,22);1H. The molecule has 0 bridgehead atoms. The third kappa shape index (κ3) is 6.75. The van der Waals surface area contributed by atoms with Crippen molar-refractivity contribution in [1.29, 1.82) is 0 Å². The molecule has 0 aliphatic rings. The van der Waals surface area contributed by atoms with E-state index in [0.29, 0.717) is 43.9 Å². The summed E-state index contributed by atoms with van der Waals surface area (Å²) in [5.74, 6) is -0.178. The Labute approximate surface area is 163 Å². The first-order valence-electron chi connectivity index (χ1n) is 8.78. The van der Waals surface area contributed by atoms with Crippen molar-refractivity contribution in [3.05, 3.63) is 18.2 Å². The molecule has 0 saturated heterocycles. The quantitative estimate of drug-likeness (QED) is 0.524. The Morgan fingerprint density at radius 3 is 2.35 bits per heavy atom. The van der Waals surface area contributed by atoms with Gasteiger partial charge in [0.25, 0.3) is 0 Å². The van der Waals surface area contributed by atoms with E-state index in [0.717, 1.165) is 13.0 Å². The Bertz CT molecular complexity index is 664. The Kier molecular flexibility index (Phi) is 11.5. The molecule has 150 valence electrons. The van der Waals surface area contributed by atoms with Crippen LogP contribution >= 0.6 is 12.4 Å². The molecule has 9 heteroatoms. The third-order valence-corrected chi connectivity index (χ3v) is 5.83. The molecule has 1 aromatic carbocycles. The molecular formula is C17H31ClN4O3S. The molecule has 0 aliphatic heterocycles. The summed E-state index contributed by atoms with van der Waals surface area (Å²) in [5, 5.41) is 6.01. The van der Waals surface area contributed by atoms with Crippen molar-refractivity contribution in [2.45, 2.75) is 44.9 Å². The molecule has 26 heavy (non-hydrogen) atoms. The highest BCUT2D eigenvalue weighted by Crippen LogP contribution is 2.27. The van der Waals surface area contributed by atoms with Crippen LogP contribution in [0.5, 0.6) is 0 Å². The lowest BCUT2D eigenvalue weighted by atomic mass is 10.2. The Hall–Kier alpha value is -1.35. The number of sulfonamides is 1. The second-order valence-corrected chi connectivity index (χ2v) is 7.60. The molecule has 0 saturated carbocycles. The maximum absolute atomic E-state index is 12.7. The van der Waals surface area contributed by atoms with Gasteiger partial charge in [0, 0.05) is 26.1 Å². The maximum atomic E-state index is 12.7. The van der Waals surface area contributed by atoms with Gasteiger partial charge in [0.05, 0.1) is 16.3 Å². The molecule has 1 amide bonds. The molecule has 1 aromatic rings. The average molecular weight is 407 g/mol. The molecular weight excluding hydrogens is 376 g/mol. The molecule has 0 aliphatic carbocycles. The smallest absolute Gasteiger partial charge is 0.243 e. The van der Waals surface area contributed by atoms with Crippen LogP contribution in [0.4, 0.5) is 11.4 Å². The monoisotopic (exact) mass is 406 g/mol. The van der Waals surface area contributed by atoms with E-state index < -0.39 is 10.0 Å². The number of amides is 1. The van der Waals surface area contributed by atoms with E-state index >= 15 is 0 Å². The minimum Gasteiger partial charge on any atom is -0.383 e. The fourth-order valence-corrected chi connectivity index (χ4v) is 3.87. The number of nitrogens with zero attached hydrogens (tertiary/aromatic N) is 1. The lowest BCUT2D eigenvalue weighted by Crippen LogP contribution is -2.30. The van der Waals surface area contributed by atoms with Crippen LogP contribution in [0, 0.1) is 0 Å². The predicted molar refractivity (Wildman–Crippen MR) is 109 cm³/mol. The molecule has 0 fully saturated rings. The van der Waals surface area contributed by atoms with Crippen LogP contribution in [-0.2, 0) is 14.8 Å². The van der Waals surface area contributed by atoms with Crippen molar-refractivity contribution in [2.24, 2.45) is 5.73 Å². The van der Waals surface area contributed by atoms with Gasteiger partial charge >= 0.3 is 0 Å². The average Bonchev–Trinajstić information content (AvgIpc) is 2.59. The molecule has 0 heterocycles. The highest BCUT2D eigenvalue weighted by Gasteiger charge is 2.23. The molecule has 0 aromatic heterocycles. The zero-order valence-corrected chi connectivity index (χ0v) is 17.4. The number of carbonyl (C=O) groups is 1. The van der Waals surface area contributed by atoms with Crippen molar-refractivity contribution in [3.8, 4) is 0 Å². The van der Waals surface area contributed by atoms with Gasteiger partial charge in [-0.05, 0) is 37.6 Å². The number of nitrogens with one attached hydrogen (secondary N) is 2. The van der Waals surface area contributed by atoms with Crippen molar-refractivity contribution >= 4 is 39.7 Å². The highest BCUT2D eigenvalue weighted by atomic mass is 35.5. The summed E-state index contributed by atoms with van der Waals surface area (Å²) in [6, 6.07) is 4.79. The van der Waals surface area contributed by atoms with Crippen molar-refractivity contribution in [1.82, 2.24) is 4.31 Å². The summed E-state index contributed by atoms with van der Waals surface area (Å²) >= 11 is 0. The fraction of sp³-hybridized carbons (Fsp3) is 0.588. The minimum absolute atomic E-state index is 0. The van der Waals surface area contributed by atoms with Gasteiger partial charge in [-0.1, -0.05) is 20.8 Å². The van der Waals surface area contributed by atoms with Crippen LogP contribution in [0.15, 0.2) is 23.1 Å². The van der Waals surface area contributed by atoms with Gasteiger partial charge in [-0.25, -0.2) is 8.42 Å². The van der Waals surface area contributed by atoms with Crippen molar-refractivity contribution in [3.63, 3.8) is 0 Å². The number of carbonyl (C=O) groups excluding carboxylic acids is 1. The lowest BCUT2D eigenvalue weighted by molar-refractivity contribution is -0.116. The zero-order chi connectivity index (χ0) is 18.9. The van der Waals surface area contributed by atoms with Gasteiger partial charge in [0.1, 0.15) is 0 Å². The molecule has 0 radical (unpaired) electrons. The van der Waals surface area contributed by atoms with Gasteiger partial charge in [0.2, 0.25) is 15.9 Å². The Morgan fingerprint density at radius 2 is 1.81 bits per heavy atom. The number of hydrogen-bond donors (Lipinski definition) is 3. The Morgan fingerprint density at radius 1 is 1.15 bits per heavy atom. The first-order chi connectivity index (χ1) is 11.9. The highest BCUT2D eigenvalue weighted by molar-refractivity contribution is 7.89. The van der Waals surface area contributed by atoms with Gasteiger partial charge < -0.3 is 16.4 Å². The second-order valence-electron chi connectivity index (χ2n) is 5.66. The van der Waals surface area contributed by atoms with Gasteiger partial charge in [-0.2, -0.15) is 4.31 Å². The van der Waals surface area contributed by atoms with Gasteiger partial charge in [-0.3, -0.25) is 4.79 Å². The van der Waals surface area contributed by atoms with E-state index in [1.165, 1.54) is 10.4 Å². The van der Waals surface area contributed by atoms with Crippen LogP contribution in [-0.4, -0.2) is 44.8 Å². The first kappa shape index (κ1) is 24.7. The molecule has 0 unspecified atom stereocenters. The lowest BCUT2D eigenvalue weighted by Gasteiger charge is -2.20. The van der Waals surface area contributed by atoms with Crippen LogP contribution in [0.25, 0.3) is 0 Å². The number of rotatable bonds is 11. The number of benzene rings is 1. The molecule has 4 N–H and O–H groups in total. The Balaban J connectivity index is 0.00000625. The summed E-state index contributed by atoms with van der Waals surface area (Å²) in [6.07, 6.45) is 1.80. The maximum Gasteiger partial charge on any atom is 0.243 e. The van der Waals surface area contributed by atoms with Gasteiger partial charge in [0.15, 0.2) is 0 Å². The second kappa shape index (κ2) is 12.1. The summed E-state index contributed by atoms with van der Waals surface area (Å²) in [4.78, 5) is 12.2. The number of anilines is 2. The summed E-state index contributed by atoms with van der Waals surface area (Å²) in [7, 11) is -3.58. The summed E-state index contributed by atoms with van der Waals surface area (Å²) in [5.41, 5.74) is 6.62. The topological polar surface area (TPSA) is 105 Å². The van der Waals surface area contributed by atoms with Crippen molar-refractivity contribution in [2.75, 3.05) is 36.8 Å². The largest absolute Gasteiger partial charge is 0.383 e. The van der Waals surface area contributed by atoms with Crippen molar-refractivity contribution < 1.29 is 13.2 Å². The van der Waals surface area contributed by atoms with Crippen LogP contribution < -0.4 is 16.4 Å². The normalized spacial score (nSPS) is 11.1. The number of nitrogens with two attached hydrogens (primary N) is 1. The first-order valence-corrected chi connectivity index (χ1v) is 10.2. The van der Waals surface area contributed by atoms with E-state index in [-0.39, 0.29) is 23.2 Å². The molecule has 7 nitrogen and oxygen atoms in total. The summed E-state index contributed by atoms with van der Waals surface area (Å²) < 4.78 is 26.8. The van der Waals surface area contributed by atoms with Crippen LogP contribution in [0.1, 0.15) is 40.0 Å². The van der Waals surface area contributed by atoms with E-state index in [4.69, 9.17) is 5.73 Å². The predicted octanol–water partition coefficient (Wildman–Crippen LogP) is 2.64. The van der Waals surface area contributed by atoms with E-state index in [2.05, 4.69) is 10.6 Å². The third-order valence-electron chi connectivity index (χ3n) is 3.78. The molecule has 0 atom stereocenters. The summed E-state index contributed by atoms with van der Waals surface area (Å²) in [6.45, 7) is 7.59. The van der Waals surface area contributed by atoms with E-state index in [9.17, 15) is 13.2 Å². The zero-order valence-electron chi connectivity index (χ0n) is 15.7. The van der Waals surface area contributed by atoms with Crippen LogP contribution in [0.3, 0.4) is 0 Å². The van der Waals surface area contributed by atoms with E-state index in [1.54, 1.807) is 26.0 Å². The SMILES string of the molecule is CCCNc1ccc(S(=O)(=O)N(CC)CC)cc1NC(=O)CCCN.Cl. The minimum atomic E-state index is -3.58. The fourth-order valence-electron chi connectivity index (χ4n) is 2.39. The number of halogens is 1. The van der Waals surface area contributed by atoms with E-state index in [1.807, 2.05) is 6.92 Å². The molecule has 1 rings (SSSR count). The number of hydrogen-bond acceptors (Lipinski definition) is 5. The molecule has 0 spiro atoms. The van der Waals surface area contributed by atoms with Crippen LogP contribution in [0.2, 0.25) is 0 Å².